The second-order valence-corrected chi connectivity index (χ2v) is 8.69. The quantitative estimate of drug-likeness (QED) is 0.263. The molecule has 0 bridgehead atoms. The van der Waals surface area contributed by atoms with E-state index in [9.17, 15) is 0 Å². The van der Waals surface area contributed by atoms with Crippen molar-refractivity contribution >= 4 is 11.6 Å². The minimum atomic E-state index is 0.499. The molecule has 5 aromatic carbocycles. The van der Waals surface area contributed by atoms with Crippen LogP contribution in [0.3, 0.4) is 0 Å². The van der Waals surface area contributed by atoms with Crippen LogP contribution in [0.1, 0.15) is 0 Å². The first-order valence-electron chi connectivity index (χ1n) is 12.2. The van der Waals surface area contributed by atoms with Gasteiger partial charge in [-0.05, 0) is 40.5 Å². The van der Waals surface area contributed by atoms with E-state index in [4.69, 9.17) is 15.0 Å². The molecule has 4 heteroatoms. The van der Waals surface area contributed by atoms with E-state index in [0.29, 0.717) is 17.6 Å². The van der Waals surface area contributed by atoms with E-state index < -0.39 is 0 Å². The summed E-state index contributed by atoms with van der Waals surface area (Å²) in [5.41, 5.74) is 7.33. The van der Waals surface area contributed by atoms with Gasteiger partial charge in [-0.1, -0.05) is 121 Å². The topological polar surface area (TPSA) is 50.7 Å². The summed E-state index contributed by atoms with van der Waals surface area (Å²) in [6.45, 7) is 0. The lowest BCUT2D eigenvalue weighted by Gasteiger charge is -2.11. The number of benzene rings is 5. The number of hydrogen-bond donors (Lipinski definition) is 1. The normalized spacial score (nSPS) is 10.7. The van der Waals surface area contributed by atoms with Crippen LogP contribution in [0.2, 0.25) is 0 Å². The first-order chi connectivity index (χ1) is 18.3. The van der Waals surface area contributed by atoms with Crippen molar-refractivity contribution < 1.29 is 0 Å². The molecule has 0 fully saturated rings. The summed E-state index contributed by atoms with van der Waals surface area (Å²) in [7, 11) is 0. The van der Waals surface area contributed by atoms with Gasteiger partial charge in [-0.3, -0.25) is 0 Å². The van der Waals surface area contributed by atoms with Crippen LogP contribution in [0.4, 0.5) is 11.6 Å². The molecular weight excluding hydrogens is 452 g/mol. The Morgan fingerprint density at radius 2 is 0.811 bits per heavy atom. The number of hydrogen-bond acceptors (Lipinski definition) is 4. The molecule has 176 valence electrons. The zero-order valence-electron chi connectivity index (χ0n) is 20.1. The van der Waals surface area contributed by atoms with Crippen LogP contribution in [0, 0.1) is 0 Å². The van der Waals surface area contributed by atoms with Crippen LogP contribution in [0.15, 0.2) is 140 Å². The molecule has 4 nitrogen and oxygen atoms in total. The lowest BCUT2D eigenvalue weighted by molar-refractivity contribution is 1.07. The summed E-state index contributed by atoms with van der Waals surface area (Å²) in [4.78, 5) is 14.5. The third kappa shape index (κ3) is 5.14. The fraction of sp³-hybridized carbons (Fsp3) is 0. The second kappa shape index (κ2) is 10.3. The molecular formula is C33H24N4. The predicted molar refractivity (Wildman–Crippen MR) is 151 cm³/mol. The maximum Gasteiger partial charge on any atom is 0.231 e. The summed E-state index contributed by atoms with van der Waals surface area (Å²) in [5.74, 6) is 1.74. The van der Waals surface area contributed by atoms with Gasteiger partial charge in [0.1, 0.15) is 0 Å². The summed E-state index contributed by atoms with van der Waals surface area (Å²) < 4.78 is 0. The molecule has 0 aliphatic rings. The van der Waals surface area contributed by atoms with Gasteiger partial charge in [0.25, 0.3) is 0 Å². The van der Waals surface area contributed by atoms with Gasteiger partial charge in [0.2, 0.25) is 5.95 Å². The van der Waals surface area contributed by atoms with Crippen molar-refractivity contribution in [2.45, 2.75) is 0 Å². The highest BCUT2D eigenvalue weighted by Gasteiger charge is 2.12. The van der Waals surface area contributed by atoms with Crippen molar-refractivity contribution in [3.8, 4) is 45.0 Å². The van der Waals surface area contributed by atoms with Gasteiger partial charge in [0, 0.05) is 16.8 Å². The fourth-order valence-electron chi connectivity index (χ4n) is 4.28. The zero-order chi connectivity index (χ0) is 24.9. The van der Waals surface area contributed by atoms with Crippen LogP contribution in [-0.4, -0.2) is 15.0 Å². The first-order valence-corrected chi connectivity index (χ1v) is 12.2. The van der Waals surface area contributed by atoms with E-state index in [-0.39, 0.29) is 0 Å². The van der Waals surface area contributed by atoms with E-state index in [0.717, 1.165) is 39.1 Å². The van der Waals surface area contributed by atoms with Gasteiger partial charge < -0.3 is 5.32 Å². The highest BCUT2D eigenvalue weighted by molar-refractivity contribution is 5.73. The smallest absolute Gasteiger partial charge is 0.231 e. The van der Waals surface area contributed by atoms with Gasteiger partial charge in [-0.15, -0.1) is 0 Å². The molecule has 0 saturated carbocycles. The third-order valence-electron chi connectivity index (χ3n) is 6.12. The van der Waals surface area contributed by atoms with Gasteiger partial charge in [0.15, 0.2) is 11.6 Å². The molecule has 0 unspecified atom stereocenters. The van der Waals surface area contributed by atoms with Gasteiger partial charge >= 0.3 is 0 Å². The van der Waals surface area contributed by atoms with E-state index in [1.807, 2.05) is 91.0 Å². The number of aromatic nitrogens is 3. The minimum Gasteiger partial charge on any atom is -0.324 e. The standard InChI is InChI=1S/C33H24N4/c1-4-12-24(13-5-1)27-18-10-20-29(22-27)32-35-31(26-16-8-3-9-17-26)36-33(37-32)34-30-21-11-19-28(23-30)25-14-6-2-7-15-25/h1-23H,(H,34,35,36,37). The number of nitrogens with one attached hydrogen (secondary N) is 1. The average molecular weight is 477 g/mol. The maximum atomic E-state index is 4.85. The monoisotopic (exact) mass is 476 g/mol. The minimum absolute atomic E-state index is 0.499. The Morgan fingerprint density at radius 1 is 0.351 bits per heavy atom. The van der Waals surface area contributed by atoms with E-state index >= 15 is 0 Å². The predicted octanol–water partition coefficient (Wildman–Crippen LogP) is 8.28. The summed E-state index contributed by atoms with van der Waals surface area (Å²) in [5, 5.41) is 3.42. The first kappa shape index (κ1) is 22.4. The lowest BCUT2D eigenvalue weighted by atomic mass is 10.0. The Kier molecular flexibility index (Phi) is 6.21. The van der Waals surface area contributed by atoms with Crippen LogP contribution < -0.4 is 5.32 Å². The van der Waals surface area contributed by atoms with E-state index in [1.165, 1.54) is 0 Å². The van der Waals surface area contributed by atoms with Crippen molar-refractivity contribution in [2.75, 3.05) is 5.32 Å². The number of nitrogens with zero attached hydrogens (tertiary/aromatic N) is 3. The lowest BCUT2D eigenvalue weighted by Crippen LogP contribution is -2.03. The van der Waals surface area contributed by atoms with E-state index in [1.54, 1.807) is 0 Å². The molecule has 0 atom stereocenters. The van der Waals surface area contributed by atoms with Crippen molar-refractivity contribution in [1.29, 1.82) is 0 Å². The molecule has 0 radical (unpaired) electrons. The molecule has 0 amide bonds. The number of anilines is 2. The largest absolute Gasteiger partial charge is 0.324 e. The molecule has 0 aliphatic carbocycles. The summed E-state index contributed by atoms with van der Waals surface area (Å²) in [6.07, 6.45) is 0. The molecule has 0 spiro atoms. The molecule has 6 aromatic rings. The number of rotatable bonds is 6. The van der Waals surface area contributed by atoms with Crippen LogP contribution >= 0.6 is 0 Å². The van der Waals surface area contributed by atoms with Crippen molar-refractivity contribution in [1.82, 2.24) is 15.0 Å². The molecule has 37 heavy (non-hydrogen) atoms. The SMILES string of the molecule is c1ccc(-c2cccc(Nc3nc(-c4ccccc4)nc(-c4cccc(-c5ccccc5)c4)n3)c2)cc1. The summed E-state index contributed by atoms with van der Waals surface area (Å²) in [6, 6.07) is 47.2. The van der Waals surface area contributed by atoms with E-state index in [2.05, 4.69) is 53.8 Å². The Labute approximate surface area is 216 Å². The Bertz CT molecular complexity index is 1630. The van der Waals surface area contributed by atoms with Crippen molar-refractivity contribution in [3.63, 3.8) is 0 Å². The molecule has 0 saturated heterocycles. The third-order valence-corrected chi connectivity index (χ3v) is 6.12. The molecule has 1 aromatic heterocycles. The average Bonchev–Trinajstić information content (AvgIpc) is 2.99. The van der Waals surface area contributed by atoms with Crippen molar-refractivity contribution in [2.24, 2.45) is 0 Å². The highest BCUT2D eigenvalue weighted by atomic mass is 15.2. The Hall–Kier alpha value is -5.09. The second-order valence-electron chi connectivity index (χ2n) is 8.69. The molecule has 1 heterocycles. The summed E-state index contributed by atoms with van der Waals surface area (Å²) >= 11 is 0. The molecule has 1 N–H and O–H groups in total. The Morgan fingerprint density at radius 3 is 1.43 bits per heavy atom. The highest BCUT2D eigenvalue weighted by Crippen LogP contribution is 2.28. The van der Waals surface area contributed by atoms with Crippen molar-refractivity contribution in [3.05, 3.63) is 140 Å². The fourth-order valence-corrected chi connectivity index (χ4v) is 4.28. The maximum absolute atomic E-state index is 4.85. The van der Waals surface area contributed by atoms with Gasteiger partial charge in [0.05, 0.1) is 0 Å². The van der Waals surface area contributed by atoms with Gasteiger partial charge in [-0.2, -0.15) is 9.97 Å². The van der Waals surface area contributed by atoms with Crippen LogP contribution in [0.5, 0.6) is 0 Å². The van der Waals surface area contributed by atoms with Crippen LogP contribution in [-0.2, 0) is 0 Å². The zero-order valence-corrected chi connectivity index (χ0v) is 20.1. The molecule has 6 rings (SSSR count). The Balaban J connectivity index is 1.41. The van der Waals surface area contributed by atoms with Crippen LogP contribution in [0.25, 0.3) is 45.0 Å². The molecule has 0 aliphatic heterocycles. The van der Waals surface area contributed by atoms with Gasteiger partial charge in [-0.25, -0.2) is 4.98 Å².